The molecule has 4 nitrogen and oxygen atoms in total. The Bertz CT molecular complexity index is 3910. The number of nitrogens with zero attached hydrogens (tertiary/aromatic N) is 2. The van der Waals surface area contributed by atoms with Gasteiger partial charge in [0.25, 0.3) is 0 Å². The zero-order valence-corrected chi connectivity index (χ0v) is 30.1. The Morgan fingerprint density at radius 2 is 1.18 bits per heavy atom. The highest BCUT2D eigenvalue weighted by Gasteiger charge is 2.16. The van der Waals surface area contributed by atoms with Gasteiger partial charge in [-0.1, -0.05) is 164 Å². The van der Waals surface area contributed by atoms with E-state index in [-0.39, 0.29) is 71.0 Å². The smallest absolute Gasteiger partial charge is 0.158 e. The Morgan fingerprint density at radius 3 is 1.96 bits per heavy atom. The number of hydrogen-bond donors (Lipinski definition) is 1. The van der Waals surface area contributed by atoms with E-state index in [9.17, 15) is 1.37 Å². The summed E-state index contributed by atoms with van der Waals surface area (Å²) in [5.41, 5.74) is 12.3. The van der Waals surface area contributed by atoms with Crippen LogP contribution in [0, 0.1) is 0 Å². The van der Waals surface area contributed by atoms with Crippen LogP contribution in [-0.2, 0) is 6.54 Å². The van der Waals surface area contributed by atoms with E-state index in [4.69, 9.17) is 38.0 Å². The molecule has 10 aromatic rings. The molecule has 266 valence electrons. The molecule has 0 spiro atoms. The Labute approximate surface area is 348 Å². The Morgan fingerprint density at radius 1 is 0.571 bits per heavy atom. The molecule has 2 heterocycles. The number of thiophene rings is 1. The van der Waals surface area contributed by atoms with E-state index in [2.05, 4.69) is 42.5 Å². The number of aliphatic imine (C=N–C) groups is 2. The molecule has 0 bridgehead atoms. The second kappa shape index (κ2) is 14.3. The van der Waals surface area contributed by atoms with E-state index < -0.39 is 85.1 Å². The minimum Gasteiger partial charge on any atom is -0.456 e. The summed E-state index contributed by atoms with van der Waals surface area (Å²) in [6.07, 6.45) is 0. The van der Waals surface area contributed by atoms with Crippen LogP contribution in [0.5, 0.6) is 0 Å². The number of benzene rings is 8. The van der Waals surface area contributed by atoms with E-state index in [0.717, 1.165) is 44.7 Å². The summed E-state index contributed by atoms with van der Waals surface area (Å²) in [6.45, 7) is -0.502. The van der Waals surface area contributed by atoms with E-state index in [1.54, 1.807) is 12.1 Å². The average Bonchev–Trinajstić information content (AvgIpc) is 3.98. The predicted molar refractivity (Wildman–Crippen MR) is 237 cm³/mol. The second-order valence-electron chi connectivity index (χ2n) is 12.9. The molecular formula is C51H35N3OS. The maximum Gasteiger partial charge on any atom is 0.158 e. The highest BCUT2D eigenvalue weighted by atomic mass is 32.1. The molecule has 8 aromatic carbocycles. The summed E-state index contributed by atoms with van der Waals surface area (Å²) in [7, 11) is 0. The molecular weight excluding hydrogens is 703 g/mol. The summed E-state index contributed by atoms with van der Waals surface area (Å²) in [5, 5.41) is -0.301. The van der Waals surface area contributed by atoms with Crippen molar-refractivity contribution in [3.05, 3.63) is 204 Å². The van der Waals surface area contributed by atoms with Crippen molar-refractivity contribution in [3.63, 3.8) is 0 Å². The molecule has 0 fully saturated rings. The molecule has 10 rings (SSSR count). The molecule has 0 saturated heterocycles. The first-order valence-corrected chi connectivity index (χ1v) is 18.4. The first-order chi connectivity index (χ1) is 33.5. The van der Waals surface area contributed by atoms with Crippen molar-refractivity contribution in [3.8, 4) is 33.4 Å². The van der Waals surface area contributed by atoms with Gasteiger partial charge in [-0.15, -0.1) is 11.3 Å². The molecule has 56 heavy (non-hydrogen) atoms. The lowest BCUT2D eigenvalue weighted by molar-refractivity contribution is 0.669. The zero-order chi connectivity index (χ0) is 49.6. The number of furan rings is 1. The van der Waals surface area contributed by atoms with Crippen LogP contribution in [0.1, 0.15) is 35.9 Å². The van der Waals surface area contributed by atoms with Gasteiger partial charge >= 0.3 is 0 Å². The molecule has 0 unspecified atom stereocenters. The summed E-state index contributed by atoms with van der Waals surface area (Å²) in [5.74, 6) is -0.490. The van der Waals surface area contributed by atoms with Crippen LogP contribution in [-0.4, -0.2) is 11.7 Å². The maximum absolute atomic E-state index is 9.26. The molecule has 0 aliphatic heterocycles. The fraction of sp³-hybridized carbons (Fsp3) is 0.0196. The zero-order valence-electron chi connectivity index (χ0n) is 43.3. The first-order valence-electron chi connectivity index (χ1n) is 24.6. The van der Waals surface area contributed by atoms with Gasteiger partial charge in [0, 0.05) is 42.1 Å². The van der Waals surface area contributed by atoms with Gasteiger partial charge in [-0.2, -0.15) is 0 Å². The molecule has 0 aliphatic carbocycles. The van der Waals surface area contributed by atoms with Gasteiger partial charge in [0.15, 0.2) is 5.84 Å². The SMILES string of the molecule is [2H]c1c([2H])c([2H])c2c(oc3c([2H])c([2H])c([2H])c(C(N=C(N)c4ccc(-c5cccc(-c6ccc(-c7ccccc7)cc6)c5)cc4)=NCc4c([2H])c([2H])c([2H])c5c4sc4c([2H])c([2H])c([2H])c([2H])c45)c32)c1[2H]. The highest BCUT2D eigenvalue weighted by molar-refractivity contribution is 7.26. The second-order valence-corrected chi connectivity index (χ2v) is 13.9. The van der Waals surface area contributed by atoms with Crippen LogP contribution < -0.4 is 5.73 Å². The van der Waals surface area contributed by atoms with Crippen LogP contribution in [0.3, 0.4) is 0 Å². The van der Waals surface area contributed by atoms with Crippen LogP contribution in [0.2, 0.25) is 0 Å². The Hall–Kier alpha value is -7.08. The van der Waals surface area contributed by atoms with E-state index >= 15 is 0 Å². The number of nitrogens with two attached hydrogens (primary N) is 1. The van der Waals surface area contributed by atoms with Gasteiger partial charge in [0.1, 0.15) is 17.0 Å². The third-order valence-electron chi connectivity index (χ3n) is 9.50. The van der Waals surface area contributed by atoms with Crippen LogP contribution in [0.15, 0.2) is 202 Å². The van der Waals surface area contributed by atoms with Crippen molar-refractivity contribution >= 4 is 65.1 Å². The summed E-state index contributed by atoms with van der Waals surface area (Å²) in [6, 6.07) is 26.4. The minimum atomic E-state index is -0.638. The monoisotopic (exact) mass is 751 g/mol. The fourth-order valence-corrected chi connectivity index (χ4v) is 7.77. The van der Waals surface area contributed by atoms with Crippen molar-refractivity contribution in [2.75, 3.05) is 0 Å². The molecule has 0 aliphatic rings. The number of hydrogen-bond acceptors (Lipinski definition) is 3. The first kappa shape index (κ1) is 21.7. The van der Waals surface area contributed by atoms with Gasteiger partial charge in [-0.3, -0.25) is 4.99 Å². The van der Waals surface area contributed by atoms with Gasteiger partial charge in [-0.25, -0.2) is 4.99 Å². The van der Waals surface area contributed by atoms with Gasteiger partial charge in [0.2, 0.25) is 0 Å². The third kappa shape index (κ3) is 6.24. The van der Waals surface area contributed by atoms with Gasteiger partial charge in [-0.05, 0) is 63.1 Å². The standard InChI is InChI=1S/C51H35N3OS/c52-50(37-29-27-36(28-30-37)39-14-8-13-38(31-39)35-25-23-34(24-26-35)33-11-2-1-3-12-33)54-51(44-19-10-21-46-48(44)43-17-4-6-20-45(43)55-46)53-32-40-15-9-18-42-41-16-5-7-22-47(41)56-49(40)42/h1-31H,32H2,(H2,52,53,54)/i4D,5D,6D,7D,9D,10D,15D,16D,17D,18D,19D,20D,21D,22D. The Kier molecular flexibility index (Phi) is 5.54. The number of rotatable bonds is 7. The van der Waals surface area contributed by atoms with Crippen molar-refractivity contribution in [1.82, 2.24) is 0 Å². The summed E-state index contributed by atoms with van der Waals surface area (Å²) >= 11 is 0.911. The minimum absolute atomic E-state index is 0.0175. The topological polar surface area (TPSA) is 63.9 Å². The summed E-state index contributed by atoms with van der Waals surface area (Å²) in [4.78, 5) is 9.49. The molecule has 2 aromatic heterocycles. The van der Waals surface area contributed by atoms with Crippen molar-refractivity contribution < 1.29 is 23.6 Å². The molecule has 0 amide bonds. The largest absolute Gasteiger partial charge is 0.456 e. The molecule has 2 N–H and O–H groups in total. The normalized spacial score (nSPS) is 15.8. The quantitative estimate of drug-likeness (QED) is 0.130. The van der Waals surface area contributed by atoms with Gasteiger partial charge < -0.3 is 10.2 Å². The summed E-state index contributed by atoms with van der Waals surface area (Å²) < 4.78 is 128. The maximum atomic E-state index is 9.26. The lowest BCUT2D eigenvalue weighted by Gasteiger charge is -2.10. The van der Waals surface area contributed by atoms with Crippen LogP contribution in [0.25, 0.3) is 75.5 Å². The molecule has 0 saturated carbocycles. The van der Waals surface area contributed by atoms with E-state index in [0.29, 0.717) is 5.56 Å². The lowest BCUT2D eigenvalue weighted by Crippen LogP contribution is -2.16. The van der Waals surface area contributed by atoms with Crippen molar-refractivity contribution in [1.29, 1.82) is 0 Å². The van der Waals surface area contributed by atoms with E-state index in [1.807, 2.05) is 48.5 Å². The Balaban J connectivity index is 1.13. The molecule has 0 atom stereocenters. The van der Waals surface area contributed by atoms with Crippen LogP contribution >= 0.6 is 11.3 Å². The average molecular weight is 752 g/mol. The predicted octanol–water partition coefficient (Wildman–Crippen LogP) is 13.3. The number of fused-ring (bicyclic) bond motifs is 6. The van der Waals surface area contributed by atoms with E-state index in [1.165, 1.54) is 0 Å². The number of para-hydroxylation sites is 1. The van der Waals surface area contributed by atoms with Crippen molar-refractivity contribution in [2.45, 2.75) is 6.54 Å². The molecule has 0 radical (unpaired) electrons. The number of amidine groups is 2. The molecule has 5 heteroatoms. The van der Waals surface area contributed by atoms with Gasteiger partial charge in [0.05, 0.1) is 25.7 Å². The lowest BCUT2D eigenvalue weighted by atomic mass is 9.97. The highest BCUT2D eigenvalue weighted by Crippen LogP contribution is 2.37. The third-order valence-corrected chi connectivity index (χ3v) is 10.7. The van der Waals surface area contributed by atoms with Crippen LogP contribution in [0.4, 0.5) is 0 Å². The van der Waals surface area contributed by atoms with Crippen molar-refractivity contribution in [2.24, 2.45) is 15.7 Å². The fourth-order valence-electron chi connectivity index (χ4n) is 6.72.